The average Bonchev–Trinajstić information content (AvgIpc) is 2.34. The van der Waals surface area contributed by atoms with Gasteiger partial charge in [-0.15, -0.1) is 0 Å². The normalized spacial score (nSPS) is 13.7. The topological polar surface area (TPSA) is 91.3 Å². The van der Waals surface area contributed by atoms with Gasteiger partial charge in [-0.25, -0.2) is 4.79 Å². The molecule has 6 heteroatoms. The second kappa shape index (κ2) is 6.70. The molecule has 3 N–H and O–H groups in total. The number of carbonyl (C=O) groups excluding carboxylic acids is 1. The fraction of sp³-hybridized carbons (Fsp3) is 0.417. The van der Waals surface area contributed by atoms with Crippen LogP contribution in [-0.4, -0.2) is 34.6 Å². The lowest BCUT2D eigenvalue weighted by atomic mass is 10.2. The van der Waals surface area contributed by atoms with E-state index in [1.54, 1.807) is 6.20 Å². The smallest absolute Gasteiger partial charge is 0.327 e. The number of pyridine rings is 1. The Morgan fingerprint density at radius 3 is 2.67 bits per heavy atom. The molecule has 0 saturated heterocycles. The summed E-state index contributed by atoms with van der Waals surface area (Å²) in [6.07, 6.45) is 1.68. The molecular weight excluding hydrogens is 234 g/mol. The number of amides is 1. The van der Waals surface area contributed by atoms with E-state index >= 15 is 0 Å². The third-order valence-electron chi connectivity index (χ3n) is 2.44. The van der Waals surface area contributed by atoms with Gasteiger partial charge in [-0.2, -0.15) is 0 Å². The van der Waals surface area contributed by atoms with Gasteiger partial charge in [0.1, 0.15) is 6.04 Å². The molecule has 0 fully saturated rings. The van der Waals surface area contributed by atoms with Gasteiger partial charge in [-0.1, -0.05) is 6.07 Å². The van der Waals surface area contributed by atoms with Crippen LogP contribution in [0.5, 0.6) is 0 Å². The SMILES string of the molecule is CC(=O)NC(CN[C@@H](C)c1ccccn1)C(=O)O. The molecule has 0 aliphatic rings. The molecule has 0 aliphatic heterocycles. The number of carboxylic acid groups (broad SMARTS) is 1. The highest BCUT2D eigenvalue weighted by Crippen LogP contribution is 2.07. The molecule has 1 aromatic heterocycles. The molecule has 0 saturated carbocycles. The maximum Gasteiger partial charge on any atom is 0.327 e. The molecule has 0 bridgehead atoms. The first-order chi connectivity index (χ1) is 8.50. The van der Waals surface area contributed by atoms with Gasteiger partial charge >= 0.3 is 5.97 Å². The summed E-state index contributed by atoms with van der Waals surface area (Å²) in [5, 5.41) is 14.3. The van der Waals surface area contributed by atoms with Gasteiger partial charge in [0, 0.05) is 25.7 Å². The van der Waals surface area contributed by atoms with Crippen LogP contribution in [0.25, 0.3) is 0 Å². The molecule has 1 heterocycles. The highest BCUT2D eigenvalue weighted by molar-refractivity contribution is 5.82. The second-order valence-corrected chi connectivity index (χ2v) is 3.98. The van der Waals surface area contributed by atoms with Crippen molar-refractivity contribution in [1.29, 1.82) is 0 Å². The maximum atomic E-state index is 10.9. The predicted molar refractivity (Wildman–Crippen MR) is 65.9 cm³/mol. The number of rotatable bonds is 6. The van der Waals surface area contributed by atoms with Gasteiger partial charge in [0.05, 0.1) is 5.69 Å². The van der Waals surface area contributed by atoms with Crippen LogP contribution >= 0.6 is 0 Å². The van der Waals surface area contributed by atoms with Crippen LogP contribution in [0.2, 0.25) is 0 Å². The number of nitrogens with zero attached hydrogens (tertiary/aromatic N) is 1. The van der Waals surface area contributed by atoms with Crippen LogP contribution in [0.4, 0.5) is 0 Å². The van der Waals surface area contributed by atoms with E-state index < -0.39 is 12.0 Å². The summed E-state index contributed by atoms with van der Waals surface area (Å²) in [5.74, 6) is -1.43. The van der Waals surface area contributed by atoms with E-state index in [-0.39, 0.29) is 18.5 Å². The number of hydrogen-bond acceptors (Lipinski definition) is 4. The van der Waals surface area contributed by atoms with Crippen molar-refractivity contribution in [1.82, 2.24) is 15.6 Å². The number of aromatic nitrogens is 1. The molecule has 18 heavy (non-hydrogen) atoms. The Morgan fingerprint density at radius 1 is 1.44 bits per heavy atom. The minimum atomic E-state index is -1.06. The lowest BCUT2D eigenvalue weighted by molar-refractivity contribution is -0.141. The first kappa shape index (κ1) is 14.1. The van der Waals surface area contributed by atoms with Crippen molar-refractivity contribution in [3.05, 3.63) is 30.1 Å². The summed E-state index contributed by atoms with van der Waals surface area (Å²) in [7, 11) is 0. The van der Waals surface area contributed by atoms with Crippen LogP contribution in [0.1, 0.15) is 25.6 Å². The Kier molecular flexibility index (Phi) is 5.26. The third kappa shape index (κ3) is 4.50. The van der Waals surface area contributed by atoms with Gasteiger partial charge < -0.3 is 15.7 Å². The number of carbonyl (C=O) groups is 2. The predicted octanol–water partition coefficient (Wildman–Crippen LogP) is 0.321. The zero-order valence-electron chi connectivity index (χ0n) is 10.4. The second-order valence-electron chi connectivity index (χ2n) is 3.98. The number of carboxylic acids is 1. The van der Waals surface area contributed by atoms with Crippen LogP contribution in [-0.2, 0) is 9.59 Å². The van der Waals surface area contributed by atoms with Crippen LogP contribution < -0.4 is 10.6 Å². The largest absolute Gasteiger partial charge is 0.480 e. The first-order valence-electron chi connectivity index (χ1n) is 5.65. The summed E-state index contributed by atoms with van der Waals surface area (Å²) < 4.78 is 0. The van der Waals surface area contributed by atoms with Crippen LogP contribution in [0.3, 0.4) is 0 Å². The van der Waals surface area contributed by atoms with E-state index in [2.05, 4.69) is 15.6 Å². The zero-order valence-corrected chi connectivity index (χ0v) is 10.4. The fourth-order valence-corrected chi connectivity index (χ4v) is 1.48. The molecule has 1 aromatic rings. The molecule has 0 spiro atoms. The Labute approximate surface area is 105 Å². The molecular formula is C12H17N3O3. The van der Waals surface area contributed by atoms with Crippen LogP contribution in [0.15, 0.2) is 24.4 Å². The summed E-state index contributed by atoms with van der Waals surface area (Å²) in [6.45, 7) is 3.32. The highest BCUT2D eigenvalue weighted by Gasteiger charge is 2.19. The van der Waals surface area contributed by atoms with E-state index in [0.717, 1.165) is 5.69 Å². The number of hydrogen-bond donors (Lipinski definition) is 3. The van der Waals surface area contributed by atoms with Crippen LogP contribution in [0, 0.1) is 0 Å². The van der Waals surface area contributed by atoms with Gasteiger partial charge in [0.25, 0.3) is 0 Å². The lowest BCUT2D eigenvalue weighted by Crippen LogP contribution is -2.46. The Morgan fingerprint density at radius 2 is 2.17 bits per heavy atom. The van der Waals surface area contributed by atoms with E-state index in [1.807, 2.05) is 25.1 Å². The minimum absolute atomic E-state index is 0.0817. The molecule has 2 atom stereocenters. The van der Waals surface area contributed by atoms with E-state index in [0.29, 0.717) is 0 Å². The molecule has 98 valence electrons. The van der Waals surface area contributed by atoms with Crippen molar-refractivity contribution in [2.45, 2.75) is 25.9 Å². The van der Waals surface area contributed by atoms with E-state index in [4.69, 9.17) is 5.11 Å². The maximum absolute atomic E-state index is 10.9. The van der Waals surface area contributed by atoms with Crippen molar-refractivity contribution < 1.29 is 14.7 Å². The third-order valence-corrected chi connectivity index (χ3v) is 2.44. The summed E-state index contributed by atoms with van der Waals surface area (Å²) >= 11 is 0. The number of aliphatic carboxylic acids is 1. The van der Waals surface area contributed by atoms with Crippen molar-refractivity contribution >= 4 is 11.9 Å². The molecule has 6 nitrogen and oxygen atoms in total. The summed E-state index contributed by atoms with van der Waals surface area (Å²) in [4.78, 5) is 25.9. The molecule has 1 unspecified atom stereocenters. The summed E-state index contributed by atoms with van der Waals surface area (Å²) in [6, 6.07) is 4.51. The summed E-state index contributed by atoms with van der Waals surface area (Å²) in [5.41, 5.74) is 0.824. The Hall–Kier alpha value is -1.95. The van der Waals surface area contributed by atoms with Crippen molar-refractivity contribution in [3.8, 4) is 0 Å². The van der Waals surface area contributed by atoms with Gasteiger partial charge in [0.2, 0.25) is 5.91 Å². The van der Waals surface area contributed by atoms with Crippen molar-refractivity contribution in [3.63, 3.8) is 0 Å². The molecule has 0 aromatic carbocycles. The molecule has 1 rings (SSSR count). The van der Waals surface area contributed by atoms with Crippen molar-refractivity contribution in [2.24, 2.45) is 0 Å². The van der Waals surface area contributed by atoms with Gasteiger partial charge in [-0.05, 0) is 19.1 Å². The fourth-order valence-electron chi connectivity index (χ4n) is 1.48. The molecule has 0 aliphatic carbocycles. The van der Waals surface area contributed by atoms with E-state index in [9.17, 15) is 9.59 Å². The van der Waals surface area contributed by atoms with Gasteiger partial charge in [-0.3, -0.25) is 9.78 Å². The van der Waals surface area contributed by atoms with Gasteiger partial charge in [0.15, 0.2) is 0 Å². The zero-order chi connectivity index (χ0) is 13.5. The Bertz CT molecular complexity index is 408. The minimum Gasteiger partial charge on any atom is -0.480 e. The Balaban J connectivity index is 2.52. The lowest BCUT2D eigenvalue weighted by Gasteiger charge is -2.18. The highest BCUT2D eigenvalue weighted by atomic mass is 16.4. The number of nitrogens with one attached hydrogen (secondary N) is 2. The quantitative estimate of drug-likeness (QED) is 0.677. The van der Waals surface area contributed by atoms with E-state index in [1.165, 1.54) is 6.92 Å². The molecule has 1 amide bonds. The van der Waals surface area contributed by atoms with Crippen molar-refractivity contribution in [2.75, 3.05) is 6.54 Å². The standard InChI is InChI=1S/C12H17N3O3/c1-8(10-5-3-4-6-13-10)14-7-11(12(17)18)15-9(2)16/h3-6,8,11,14H,7H2,1-2H3,(H,15,16)(H,17,18)/t8-,11?/m0/s1. The molecule has 0 radical (unpaired) electrons. The average molecular weight is 251 g/mol. The first-order valence-corrected chi connectivity index (χ1v) is 5.65. The monoisotopic (exact) mass is 251 g/mol.